The van der Waals surface area contributed by atoms with E-state index in [-0.39, 0.29) is 17.1 Å². The second kappa shape index (κ2) is 3.83. The van der Waals surface area contributed by atoms with E-state index in [0.29, 0.717) is 0 Å². The highest BCUT2D eigenvalue weighted by atomic mass is 32.2. The molecule has 1 rings (SSSR count). The van der Waals surface area contributed by atoms with Crippen LogP contribution in [0.15, 0.2) is 18.2 Å². The van der Waals surface area contributed by atoms with Gasteiger partial charge in [0.05, 0.1) is 17.1 Å². The van der Waals surface area contributed by atoms with Crippen LogP contribution < -0.4 is 10.5 Å². The summed E-state index contributed by atoms with van der Waals surface area (Å²) >= 11 is 0. The summed E-state index contributed by atoms with van der Waals surface area (Å²) in [7, 11) is -3.36. The molecule has 4 nitrogen and oxygen atoms in total. The highest BCUT2D eigenvalue weighted by Crippen LogP contribution is 2.20. The molecular formula is C8H11FN2O2S. The standard InChI is InChI=1S/C8H11FN2O2S/c1-2-14(12,13)11-8-4-3-6(9)5-7(8)10/h3-5,11H,2,10H2,1H3. The number of nitrogens with one attached hydrogen (secondary N) is 1. The van der Waals surface area contributed by atoms with Gasteiger partial charge in [-0.15, -0.1) is 0 Å². The molecule has 0 radical (unpaired) electrons. The summed E-state index contributed by atoms with van der Waals surface area (Å²) < 4.78 is 37.1. The largest absolute Gasteiger partial charge is 0.397 e. The zero-order chi connectivity index (χ0) is 10.8. The van der Waals surface area contributed by atoms with E-state index in [1.807, 2.05) is 0 Å². The molecule has 1 aromatic carbocycles. The van der Waals surface area contributed by atoms with Gasteiger partial charge in [0.15, 0.2) is 0 Å². The molecule has 6 heteroatoms. The zero-order valence-corrected chi connectivity index (χ0v) is 8.44. The van der Waals surface area contributed by atoms with Crippen LogP contribution in [0.3, 0.4) is 0 Å². The number of nitrogen functional groups attached to an aromatic ring is 1. The maximum Gasteiger partial charge on any atom is 0.232 e. The first-order chi connectivity index (χ1) is 6.44. The lowest BCUT2D eigenvalue weighted by Crippen LogP contribution is -2.15. The molecule has 0 amide bonds. The number of sulfonamides is 1. The fourth-order valence-electron chi connectivity index (χ4n) is 0.866. The van der Waals surface area contributed by atoms with Gasteiger partial charge in [-0.2, -0.15) is 0 Å². The van der Waals surface area contributed by atoms with Crippen LogP contribution in [0.25, 0.3) is 0 Å². The zero-order valence-electron chi connectivity index (χ0n) is 7.62. The second-order valence-corrected chi connectivity index (χ2v) is 4.75. The Balaban J connectivity index is 2.99. The third kappa shape index (κ3) is 2.59. The van der Waals surface area contributed by atoms with Crippen molar-refractivity contribution in [2.24, 2.45) is 0 Å². The number of hydrogen-bond acceptors (Lipinski definition) is 3. The molecule has 14 heavy (non-hydrogen) atoms. The highest BCUT2D eigenvalue weighted by Gasteiger charge is 2.09. The van der Waals surface area contributed by atoms with Crippen LogP contribution in [0.1, 0.15) is 6.92 Å². The first-order valence-electron chi connectivity index (χ1n) is 4.00. The molecule has 0 heterocycles. The van der Waals surface area contributed by atoms with Crippen molar-refractivity contribution in [3.8, 4) is 0 Å². The molecule has 0 spiro atoms. The third-order valence-corrected chi connectivity index (χ3v) is 2.95. The van der Waals surface area contributed by atoms with E-state index in [2.05, 4.69) is 4.72 Å². The SMILES string of the molecule is CCS(=O)(=O)Nc1ccc(F)cc1N. The van der Waals surface area contributed by atoms with Gasteiger partial charge in [-0.05, 0) is 25.1 Å². The Morgan fingerprint density at radius 3 is 2.64 bits per heavy atom. The first kappa shape index (κ1) is 10.8. The van der Waals surface area contributed by atoms with Crippen LogP contribution in [0.5, 0.6) is 0 Å². The van der Waals surface area contributed by atoms with Gasteiger partial charge in [0, 0.05) is 0 Å². The van der Waals surface area contributed by atoms with Gasteiger partial charge in [0.1, 0.15) is 5.82 Å². The Labute approximate surface area is 82.0 Å². The number of anilines is 2. The van der Waals surface area contributed by atoms with E-state index >= 15 is 0 Å². The number of benzene rings is 1. The molecule has 1 aromatic rings. The summed E-state index contributed by atoms with van der Waals surface area (Å²) in [6.07, 6.45) is 0. The molecule has 0 aliphatic rings. The fourth-order valence-corrected chi connectivity index (χ4v) is 1.53. The number of nitrogens with two attached hydrogens (primary N) is 1. The lowest BCUT2D eigenvalue weighted by atomic mass is 10.3. The summed E-state index contributed by atoms with van der Waals surface area (Å²) in [6, 6.07) is 3.50. The molecule has 3 N–H and O–H groups in total. The summed E-state index contributed by atoms with van der Waals surface area (Å²) in [5.74, 6) is -0.550. The van der Waals surface area contributed by atoms with E-state index in [9.17, 15) is 12.8 Å². The van der Waals surface area contributed by atoms with Crippen molar-refractivity contribution in [3.05, 3.63) is 24.0 Å². The number of rotatable bonds is 3. The van der Waals surface area contributed by atoms with Gasteiger partial charge >= 0.3 is 0 Å². The monoisotopic (exact) mass is 218 g/mol. The van der Waals surface area contributed by atoms with Gasteiger partial charge in [0.25, 0.3) is 0 Å². The third-order valence-electron chi connectivity index (χ3n) is 1.66. The lowest BCUT2D eigenvalue weighted by Gasteiger charge is -2.08. The topological polar surface area (TPSA) is 72.2 Å². The lowest BCUT2D eigenvalue weighted by molar-refractivity contribution is 0.602. The van der Waals surface area contributed by atoms with Crippen LogP contribution in [-0.2, 0) is 10.0 Å². The Morgan fingerprint density at radius 1 is 1.50 bits per heavy atom. The minimum Gasteiger partial charge on any atom is -0.397 e. The Bertz CT molecular complexity index is 431. The van der Waals surface area contributed by atoms with Crippen molar-refractivity contribution < 1.29 is 12.8 Å². The van der Waals surface area contributed by atoms with Gasteiger partial charge < -0.3 is 5.73 Å². The van der Waals surface area contributed by atoms with Crippen molar-refractivity contribution in [2.45, 2.75) is 6.92 Å². The molecule has 0 fully saturated rings. The van der Waals surface area contributed by atoms with Gasteiger partial charge in [-0.25, -0.2) is 12.8 Å². The maximum absolute atomic E-state index is 12.6. The average molecular weight is 218 g/mol. The smallest absolute Gasteiger partial charge is 0.232 e. The Kier molecular flexibility index (Phi) is 2.95. The predicted octanol–water partition coefficient (Wildman–Crippen LogP) is 1.17. The molecule has 0 aliphatic heterocycles. The van der Waals surface area contributed by atoms with E-state index < -0.39 is 15.8 Å². The predicted molar refractivity (Wildman–Crippen MR) is 53.9 cm³/mol. The molecule has 0 aliphatic carbocycles. The van der Waals surface area contributed by atoms with E-state index in [1.165, 1.54) is 13.0 Å². The quantitative estimate of drug-likeness (QED) is 0.748. The van der Waals surface area contributed by atoms with E-state index in [0.717, 1.165) is 12.1 Å². The summed E-state index contributed by atoms with van der Waals surface area (Å²) in [6.45, 7) is 1.50. The maximum atomic E-state index is 12.6. The number of halogens is 1. The molecule has 0 saturated heterocycles. The Morgan fingerprint density at radius 2 is 2.14 bits per heavy atom. The van der Waals surface area contributed by atoms with Crippen LogP contribution in [0.4, 0.5) is 15.8 Å². The summed E-state index contributed by atoms with van der Waals surface area (Å²) in [5, 5.41) is 0. The van der Waals surface area contributed by atoms with E-state index in [1.54, 1.807) is 0 Å². The van der Waals surface area contributed by atoms with Crippen molar-refractivity contribution in [3.63, 3.8) is 0 Å². The molecule has 0 unspecified atom stereocenters. The second-order valence-electron chi connectivity index (χ2n) is 2.74. The van der Waals surface area contributed by atoms with Crippen LogP contribution in [0.2, 0.25) is 0 Å². The van der Waals surface area contributed by atoms with Crippen LogP contribution in [0, 0.1) is 5.82 Å². The summed E-state index contributed by atoms with van der Waals surface area (Å²) in [5.41, 5.74) is 5.69. The van der Waals surface area contributed by atoms with Gasteiger partial charge in [0.2, 0.25) is 10.0 Å². The van der Waals surface area contributed by atoms with Gasteiger partial charge in [-0.3, -0.25) is 4.72 Å². The summed E-state index contributed by atoms with van der Waals surface area (Å²) in [4.78, 5) is 0. The van der Waals surface area contributed by atoms with Crippen molar-refractivity contribution in [1.82, 2.24) is 0 Å². The highest BCUT2D eigenvalue weighted by molar-refractivity contribution is 7.92. The molecule has 0 saturated carbocycles. The molecule has 0 bridgehead atoms. The van der Waals surface area contributed by atoms with E-state index in [4.69, 9.17) is 5.73 Å². The minimum atomic E-state index is -3.36. The number of hydrogen-bond donors (Lipinski definition) is 2. The van der Waals surface area contributed by atoms with Crippen LogP contribution in [-0.4, -0.2) is 14.2 Å². The van der Waals surface area contributed by atoms with Gasteiger partial charge in [-0.1, -0.05) is 0 Å². The normalized spacial score (nSPS) is 11.3. The molecular weight excluding hydrogens is 207 g/mol. The van der Waals surface area contributed by atoms with Crippen molar-refractivity contribution in [2.75, 3.05) is 16.2 Å². The van der Waals surface area contributed by atoms with Crippen LogP contribution >= 0.6 is 0 Å². The molecule has 0 aromatic heterocycles. The fraction of sp³-hybridized carbons (Fsp3) is 0.250. The molecule has 0 atom stereocenters. The first-order valence-corrected chi connectivity index (χ1v) is 5.65. The minimum absolute atomic E-state index is 0.0518. The Hall–Kier alpha value is -1.30. The molecule has 78 valence electrons. The van der Waals surface area contributed by atoms with Crippen molar-refractivity contribution in [1.29, 1.82) is 0 Å². The average Bonchev–Trinajstić information content (AvgIpc) is 2.10. The van der Waals surface area contributed by atoms with Crippen molar-refractivity contribution >= 4 is 21.4 Å².